The van der Waals surface area contributed by atoms with Crippen molar-refractivity contribution in [3.05, 3.63) is 58.7 Å². The molecule has 1 nitrogen and oxygen atoms in total. The lowest BCUT2D eigenvalue weighted by Gasteiger charge is -2.13. The molecule has 0 aliphatic carbocycles. The molecule has 106 valence electrons. The number of benzene rings is 2. The average Bonchev–Trinajstić information content (AvgIpc) is 2.40. The van der Waals surface area contributed by atoms with E-state index >= 15 is 0 Å². The highest BCUT2D eigenvalue weighted by Crippen LogP contribution is 2.29. The second kappa shape index (κ2) is 6.32. The Balaban J connectivity index is 2.24. The summed E-state index contributed by atoms with van der Waals surface area (Å²) in [5.74, 6) is 2.83. The molecular weight excluding hydrogens is 268 g/mol. The van der Waals surface area contributed by atoms with Gasteiger partial charge in [-0.3, -0.25) is 0 Å². The van der Waals surface area contributed by atoms with Crippen LogP contribution in [0.5, 0.6) is 11.5 Å². The number of aryl methyl sites for hydroxylation is 2. The molecule has 2 aromatic carbocycles. The Bertz CT molecular complexity index is 602. The summed E-state index contributed by atoms with van der Waals surface area (Å²) in [5.41, 5.74) is 4.86. The van der Waals surface area contributed by atoms with E-state index in [1.807, 2.05) is 25.1 Å². The number of hydrogen-bond donors (Lipinski definition) is 0. The fraction of sp³-hybridized carbons (Fsp3) is 0.333. The molecule has 0 saturated heterocycles. The predicted octanol–water partition coefficient (Wildman–Crippen LogP) is 5.96. The fourth-order valence-corrected chi connectivity index (χ4v) is 2.56. The van der Waals surface area contributed by atoms with Crippen LogP contribution in [0.25, 0.3) is 0 Å². The summed E-state index contributed by atoms with van der Waals surface area (Å²) < 4.78 is 5.98. The minimum absolute atomic E-state index is 0.531. The van der Waals surface area contributed by atoms with Crippen LogP contribution in [-0.4, -0.2) is 0 Å². The van der Waals surface area contributed by atoms with Gasteiger partial charge in [0.25, 0.3) is 0 Å². The second-order valence-electron chi connectivity index (χ2n) is 5.51. The average molecular weight is 289 g/mol. The van der Waals surface area contributed by atoms with Crippen LogP contribution in [-0.2, 0) is 5.88 Å². The van der Waals surface area contributed by atoms with E-state index in [0.717, 1.165) is 22.6 Å². The van der Waals surface area contributed by atoms with Crippen LogP contribution in [0.4, 0.5) is 0 Å². The number of halogens is 1. The maximum Gasteiger partial charge on any atom is 0.130 e. The van der Waals surface area contributed by atoms with E-state index < -0.39 is 0 Å². The summed E-state index contributed by atoms with van der Waals surface area (Å²) in [6.07, 6.45) is 0. The van der Waals surface area contributed by atoms with E-state index in [1.54, 1.807) is 0 Å². The summed E-state index contributed by atoms with van der Waals surface area (Å²) >= 11 is 5.84. The van der Waals surface area contributed by atoms with Crippen LogP contribution < -0.4 is 4.74 Å². The van der Waals surface area contributed by atoms with Gasteiger partial charge in [0.2, 0.25) is 0 Å². The summed E-state index contributed by atoms with van der Waals surface area (Å²) in [6.45, 7) is 8.59. The third-order valence-electron chi connectivity index (χ3n) is 3.48. The minimum atomic E-state index is 0.531. The molecule has 0 aromatic heterocycles. The smallest absolute Gasteiger partial charge is 0.130 e. The first-order chi connectivity index (χ1) is 9.51. The predicted molar refractivity (Wildman–Crippen MR) is 86.1 cm³/mol. The molecule has 2 heteroatoms. The van der Waals surface area contributed by atoms with Crippen LogP contribution in [0.2, 0.25) is 0 Å². The first-order valence-corrected chi connectivity index (χ1v) is 7.48. The van der Waals surface area contributed by atoms with Gasteiger partial charge in [-0.2, -0.15) is 0 Å². The molecule has 0 aliphatic heterocycles. The molecule has 20 heavy (non-hydrogen) atoms. The SMILES string of the molecule is Cc1cc(CCl)ccc1Oc1ccc(C(C)C)c(C)c1. The maximum absolute atomic E-state index is 5.98. The zero-order valence-corrected chi connectivity index (χ0v) is 13.3. The highest BCUT2D eigenvalue weighted by atomic mass is 35.5. The van der Waals surface area contributed by atoms with Gasteiger partial charge in [0.05, 0.1) is 0 Å². The molecule has 0 amide bonds. The molecule has 0 unspecified atom stereocenters. The van der Waals surface area contributed by atoms with Crippen molar-refractivity contribution in [3.8, 4) is 11.5 Å². The van der Waals surface area contributed by atoms with Gasteiger partial charge in [0, 0.05) is 5.88 Å². The number of hydrogen-bond acceptors (Lipinski definition) is 1. The fourth-order valence-electron chi connectivity index (χ4n) is 2.40. The topological polar surface area (TPSA) is 9.23 Å². The van der Waals surface area contributed by atoms with Crippen molar-refractivity contribution < 1.29 is 4.74 Å². The molecular formula is C18H21ClO. The third-order valence-corrected chi connectivity index (χ3v) is 3.79. The summed E-state index contributed by atoms with van der Waals surface area (Å²) in [4.78, 5) is 0. The molecule has 2 rings (SSSR count). The van der Waals surface area contributed by atoms with Crippen LogP contribution >= 0.6 is 11.6 Å². The van der Waals surface area contributed by atoms with Gasteiger partial charge in [-0.05, 0) is 60.2 Å². The molecule has 2 aromatic rings. The Kier molecular flexibility index (Phi) is 4.72. The van der Waals surface area contributed by atoms with Crippen molar-refractivity contribution in [2.45, 2.75) is 39.5 Å². The van der Waals surface area contributed by atoms with Crippen molar-refractivity contribution in [2.24, 2.45) is 0 Å². The second-order valence-corrected chi connectivity index (χ2v) is 5.78. The van der Waals surface area contributed by atoms with Crippen molar-refractivity contribution in [1.82, 2.24) is 0 Å². The van der Waals surface area contributed by atoms with Crippen molar-refractivity contribution in [3.63, 3.8) is 0 Å². The van der Waals surface area contributed by atoms with Crippen LogP contribution in [0.1, 0.15) is 42.0 Å². The van der Waals surface area contributed by atoms with E-state index in [9.17, 15) is 0 Å². The highest BCUT2D eigenvalue weighted by Gasteiger charge is 2.07. The lowest BCUT2D eigenvalue weighted by atomic mass is 9.98. The molecule has 0 atom stereocenters. The molecule has 0 spiro atoms. The largest absolute Gasteiger partial charge is 0.457 e. The normalized spacial score (nSPS) is 10.9. The van der Waals surface area contributed by atoms with Gasteiger partial charge in [-0.25, -0.2) is 0 Å². The zero-order valence-electron chi connectivity index (χ0n) is 12.5. The maximum atomic E-state index is 5.98. The summed E-state index contributed by atoms with van der Waals surface area (Å²) in [7, 11) is 0. The molecule has 0 N–H and O–H groups in total. The van der Waals surface area contributed by atoms with Crippen LogP contribution in [0, 0.1) is 13.8 Å². The van der Waals surface area contributed by atoms with E-state index in [2.05, 4.69) is 39.0 Å². The Morgan fingerprint density at radius 2 is 1.75 bits per heavy atom. The Morgan fingerprint density at radius 1 is 1.00 bits per heavy atom. The standard InChI is InChI=1S/C18H21ClO/c1-12(2)17-7-6-16(10-13(17)3)20-18-8-5-15(11-19)9-14(18)4/h5-10,12H,11H2,1-4H3. The first kappa shape index (κ1) is 14.9. The van der Waals surface area contributed by atoms with E-state index in [1.165, 1.54) is 11.1 Å². The van der Waals surface area contributed by atoms with Gasteiger partial charge < -0.3 is 4.74 Å². The first-order valence-electron chi connectivity index (χ1n) is 6.95. The molecule has 0 bridgehead atoms. The van der Waals surface area contributed by atoms with Crippen molar-refractivity contribution in [1.29, 1.82) is 0 Å². The monoisotopic (exact) mass is 288 g/mol. The Hall–Kier alpha value is -1.47. The molecule has 0 heterocycles. The summed E-state index contributed by atoms with van der Waals surface area (Å²) in [5, 5.41) is 0. The number of alkyl halides is 1. The lowest BCUT2D eigenvalue weighted by molar-refractivity contribution is 0.478. The molecule has 0 fully saturated rings. The van der Waals surface area contributed by atoms with Crippen LogP contribution in [0.15, 0.2) is 36.4 Å². The molecule has 0 radical (unpaired) electrons. The summed E-state index contributed by atoms with van der Waals surface area (Å²) in [6, 6.07) is 12.3. The van der Waals surface area contributed by atoms with Gasteiger partial charge in [-0.15, -0.1) is 11.6 Å². The minimum Gasteiger partial charge on any atom is -0.457 e. The van der Waals surface area contributed by atoms with E-state index in [-0.39, 0.29) is 0 Å². The van der Waals surface area contributed by atoms with E-state index in [4.69, 9.17) is 16.3 Å². The van der Waals surface area contributed by atoms with E-state index in [0.29, 0.717) is 11.8 Å². The Labute approximate surface area is 126 Å². The van der Waals surface area contributed by atoms with Gasteiger partial charge in [0.15, 0.2) is 0 Å². The molecule has 0 saturated carbocycles. The third kappa shape index (κ3) is 3.34. The number of rotatable bonds is 4. The number of ether oxygens (including phenoxy) is 1. The molecule has 0 aliphatic rings. The van der Waals surface area contributed by atoms with Crippen LogP contribution in [0.3, 0.4) is 0 Å². The lowest BCUT2D eigenvalue weighted by Crippen LogP contribution is -1.94. The van der Waals surface area contributed by atoms with Gasteiger partial charge in [-0.1, -0.05) is 32.0 Å². The highest BCUT2D eigenvalue weighted by molar-refractivity contribution is 6.17. The quantitative estimate of drug-likeness (QED) is 0.631. The van der Waals surface area contributed by atoms with Crippen molar-refractivity contribution >= 4 is 11.6 Å². The zero-order chi connectivity index (χ0) is 14.7. The Morgan fingerprint density at radius 3 is 2.30 bits per heavy atom. The van der Waals surface area contributed by atoms with Gasteiger partial charge >= 0.3 is 0 Å². The van der Waals surface area contributed by atoms with Gasteiger partial charge in [0.1, 0.15) is 11.5 Å². The van der Waals surface area contributed by atoms with Crippen molar-refractivity contribution in [2.75, 3.05) is 0 Å².